The maximum absolute atomic E-state index is 13.4. The molecule has 0 aromatic heterocycles. The minimum Gasteiger partial charge on any atom is -0.478 e. The van der Waals surface area contributed by atoms with Gasteiger partial charge in [0.05, 0.1) is 29.3 Å². The number of amides is 1. The van der Waals surface area contributed by atoms with Crippen molar-refractivity contribution < 1.29 is 101 Å². The van der Waals surface area contributed by atoms with E-state index in [1.807, 2.05) is 0 Å². The highest BCUT2D eigenvalue weighted by molar-refractivity contribution is 8.77. The normalized spacial score (nSPS) is 19.3. The molecule has 25 nitrogen and oxygen atoms in total. The molecular weight excluding hydrogens is 998 g/mol. The Morgan fingerprint density at radius 1 is 0.969 bits per heavy atom. The van der Waals surface area contributed by atoms with E-state index < -0.39 is 123 Å². The number of rotatable bonds is 19. The molecule has 5 atom stereocenters. The molecule has 64 heavy (non-hydrogen) atoms. The summed E-state index contributed by atoms with van der Waals surface area (Å²) in [6.07, 6.45) is -1.43. The summed E-state index contributed by atoms with van der Waals surface area (Å²) in [5.74, 6) is -3.09. The van der Waals surface area contributed by atoms with E-state index in [2.05, 4.69) is 18.5 Å². The number of phosphoric acid groups is 3. The maximum atomic E-state index is 13.4. The Hall–Kier alpha value is -3.22. The second kappa shape index (κ2) is 19.2. The molecule has 2 aromatic carbocycles. The van der Waals surface area contributed by atoms with Crippen LogP contribution in [0.3, 0.4) is 0 Å². The van der Waals surface area contributed by atoms with Crippen molar-refractivity contribution in [3.8, 4) is 22.5 Å². The van der Waals surface area contributed by atoms with Crippen LogP contribution in [0.4, 0.5) is 5.69 Å². The van der Waals surface area contributed by atoms with Gasteiger partial charge in [0.15, 0.2) is 21.1 Å². The lowest BCUT2D eigenvalue weighted by Crippen LogP contribution is -2.36. The second-order valence-electron chi connectivity index (χ2n) is 14.2. The van der Waals surface area contributed by atoms with Gasteiger partial charge in [-0.05, 0) is 62.2 Å². The summed E-state index contributed by atoms with van der Waals surface area (Å²) >= 11 is 0. The average Bonchev–Trinajstić information content (AvgIpc) is 3.49. The number of fused-ring (bicyclic) bond motifs is 2. The number of anilines is 1. The standard InChI is InChI=1S/C31H37BN3O22P3S4/c1-31(2,62-61-13-52-21-10-23(32)54-22(21)11-53-59(42,43)57-60(44,45)56-58(39,40)41)12-35-29(36)14-3-4-15(18(9-14)30(37)38)24-16-5-7-19(33)27(63(46,47)48)25(16)55-26-17(24)6-8-20(34)28(26)64(49,50)51/h3-9,21-23,33H,10-13,32,34H2,1-2H3,(H,35,36)(H,37,38)(H,42,43)(H,44,45)(H2,39,40,41)(H,46,47,48)(H,49,50,51)/t21-,22-,23-/m1/s1. The molecule has 350 valence electrons. The van der Waals surface area contributed by atoms with E-state index in [1.165, 1.54) is 45.9 Å². The number of hydrogen-bond donors (Lipinski definition) is 10. The van der Waals surface area contributed by atoms with Crippen molar-refractivity contribution in [2.75, 3.05) is 24.8 Å². The molecule has 0 bridgehead atoms. The number of aromatic carboxylic acids is 1. The summed E-state index contributed by atoms with van der Waals surface area (Å²) in [5, 5.41) is 20.3. The molecule has 2 aromatic rings. The number of nitrogen functional groups attached to an aromatic ring is 1. The second-order valence-corrected chi connectivity index (χ2v) is 24.3. The molecule has 3 aliphatic rings. The molecule has 5 rings (SSSR count). The van der Waals surface area contributed by atoms with Crippen LogP contribution in [0.25, 0.3) is 33.4 Å². The number of benzene rings is 3. The van der Waals surface area contributed by atoms with Crippen molar-refractivity contribution in [2.45, 2.75) is 53.0 Å². The molecule has 11 N–H and O–H groups in total. The fourth-order valence-corrected chi connectivity index (χ4v) is 13.0. The van der Waals surface area contributed by atoms with Gasteiger partial charge in [-0.15, -0.1) is 0 Å². The SMILES string of the molecule is B[C@H]1C[C@@H](OCSSC(C)(C)CNC(=O)c2ccc(-c3c4ccc(=N)c(S(=O)(=O)O)c-4oc4c(S(=O)(=O)O)c(N)ccc34)c(C(=O)O)c2)[C@@H](COP(=O)(O)OP(=O)(O)OP(=O)(O)O)O1. The molecular formula is C31H37BN3O22P3S4. The lowest BCUT2D eigenvalue weighted by atomic mass is 9.89. The molecule has 1 saturated heterocycles. The van der Waals surface area contributed by atoms with Crippen molar-refractivity contribution >= 4 is 102 Å². The van der Waals surface area contributed by atoms with Gasteiger partial charge in [-0.2, -0.15) is 25.5 Å². The third kappa shape index (κ3) is 12.8. The number of carboxylic acids is 1. The van der Waals surface area contributed by atoms with Gasteiger partial charge in [0.25, 0.3) is 26.1 Å². The fraction of sp³-hybridized carbons (Fsp3) is 0.323. The Morgan fingerprint density at radius 3 is 2.22 bits per heavy atom. The minimum atomic E-state index is -5.73. The number of nitrogens with two attached hydrogens (primary N) is 1. The van der Waals surface area contributed by atoms with E-state index in [0.29, 0.717) is 0 Å². The molecule has 1 aliphatic carbocycles. The predicted octanol–water partition coefficient (Wildman–Crippen LogP) is 2.78. The van der Waals surface area contributed by atoms with Crippen LogP contribution >= 0.6 is 45.1 Å². The van der Waals surface area contributed by atoms with Gasteiger partial charge >= 0.3 is 29.4 Å². The number of phosphoric ester groups is 1. The molecule has 1 fully saturated rings. The first kappa shape index (κ1) is 51.8. The van der Waals surface area contributed by atoms with Crippen molar-refractivity contribution in [3.05, 3.63) is 58.9 Å². The Morgan fingerprint density at radius 2 is 1.61 bits per heavy atom. The van der Waals surface area contributed by atoms with Gasteiger partial charge in [-0.3, -0.25) is 23.8 Å². The average molecular weight is 1040 g/mol. The number of nitrogens with one attached hydrogen (secondary N) is 2. The minimum absolute atomic E-state index is 0.00125. The van der Waals surface area contributed by atoms with Crippen molar-refractivity contribution in [3.63, 3.8) is 0 Å². The Bertz CT molecular complexity index is 2910. The predicted molar refractivity (Wildman–Crippen MR) is 228 cm³/mol. The zero-order valence-electron chi connectivity index (χ0n) is 32.9. The number of carbonyl (C=O) groups is 2. The first-order valence-electron chi connectivity index (χ1n) is 17.6. The van der Waals surface area contributed by atoms with Crippen molar-refractivity contribution in [1.82, 2.24) is 5.32 Å². The molecule has 2 aliphatic heterocycles. The van der Waals surface area contributed by atoms with E-state index in [-0.39, 0.29) is 46.5 Å². The Balaban J connectivity index is 1.30. The molecule has 1 amide bonds. The third-order valence-corrected chi connectivity index (χ3v) is 17.4. The summed E-state index contributed by atoms with van der Waals surface area (Å²) in [6, 6.07) is 7.42. The zero-order chi connectivity index (χ0) is 48.0. The van der Waals surface area contributed by atoms with Crippen LogP contribution in [-0.2, 0) is 56.6 Å². The van der Waals surface area contributed by atoms with E-state index in [1.54, 1.807) is 21.7 Å². The highest BCUT2D eigenvalue weighted by Crippen LogP contribution is 2.66. The third-order valence-electron chi connectivity index (χ3n) is 8.79. The smallest absolute Gasteiger partial charge is 0.478 e. The van der Waals surface area contributed by atoms with Crippen molar-refractivity contribution in [1.29, 1.82) is 5.41 Å². The van der Waals surface area contributed by atoms with Crippen LogP contribution < -0.4 is 16.4 Å². The lowest BCUT2D eigenvalue weighted by Gasteiger charge is -2.25. The van der Waals surface area contributed by atoms with E-state index in [4.69, 9.17) is 34.8 Å². The molecule has 0 spiro atoms. The zero-order valence-corrected chi connectivity index (χ0v) is 38.9. The first-order valence-corrected chi connectivity index (χ1v) is 27.3. The molecule has 0 saturated carbocycles. The van der Waals surface area contributed by atoms with Crippen LogP contribution in [0.2, 0.25) is 0 Å². The van der Waals surface area contributed by atoms with Crippen LogP contribution in [0.15, 0.2) is 56.7 Å². The maximum Gasteiger partial charge on any atom is 0.490 e. The topological polar surface area (TPSA) is 416 Å². The van der Waals surface area contributed by atoms with Gasteiger partial charge in [-0.25, -0.2) is 18.5 Å². The number of hydrogen-bond acceptors (Lipinski definition) is 19. The molecule has 0 radical (unpaired) electrons. The first-order chi connectivity index (χ1) is 29.3. The van der Waals surface area contributed by atoms with Crippen LogP contribution in [0.1, 0.15) is 41.0 Å². The van der Waals surface area contributed by atoms with Gasteiger partial charge in [0.1, 0.15) is 19.9 Å². The lowest BCUT2D eigenvalue weighted by molar-refractivity contribution is -0.0237. The fourth-order valence-electron chi connectivity index (χ4n) is 6.31. The van der Waals surface area contributed by atoms with Crippen LogP contribution in [0.5, 0.6) is 0 Å². The van der Waals surface area contributed by atoms with Gasteiger partial charge in [-0.1, -0.05) is 27.7 Å². The van der Waals surface area contributed by atoms with Gasteiger partial charge in [0, 0.05) is 39.4 Å². The van der Waals surface area contributed by atoms with Crippen molar-refractivity contribution in [2.24, 2.45) is 0 Å². The van der Waals surface area contributed by atoms with Crippen LogP contribution in [0, 0.1) is 5.41 Å². The quantitative estimate of drug-likeness (QED) is 0.00943. The van der Waals surface area contributed by atoms with E-state index >= 15 is 0 Å². The number of carbonyl (C=O) groups excluding carboxylic acids is 1. The van der Waals surface area contributed by atoms with E-state index in [0.717, 1.165) is 18.2 Å². The molecule has 2 unspecified atom stereocenters. The monoisotopic (exact) mass is 1040 g/mol. The summed E-state index contributed by atoms with van der Waals surface area (Å²) in [4.78, 5) is 60.6. The van der Waals surface area contributed by atoms with Crippen LogP contribution in [-0.4, -0.2) is 112 Å². The summed E-state index contributed by atoms with van der Waals surface area (Å²) in [6.45, 7) is 2.81. The van der Waals surface area contributed by atoms with Gasteiger partial charge < -0.3 is 49.6 Å². The summed E-state index contributed by atoms with van der Waals surface area (Å²) in [5.41, 5.74) is 3.28. The summed E-state index contributed by atoms with van der Waals surface area (Å²) in [7, 11) is -23.0. The largest absolute Gasteiger partial charge is 0.490 e. The summed E-state index contributed by atoms with van der Waals surface area (Å²) < 4.78 is 133. The highest BCUT2D eigenvalue weighted by Gasteiger charge is 2.43. The van der Waals surface area contributed by atoms with Gasteiger partial charge in [0.2, 0.25) is 0 Å². The Labute approximate surface area is 371 Å². The molecule has 33 heteroatoms. The Kier molecular flexibility index (Phi) is 15.5. The number of ether oxygens (including phenoxy) is 2. The highest BCUT2D eigenvalue weighted by atomic mass is 33.1. The van der Waals surface area contributed by atoms with E-state index in [9.17, 15) is 64.1 Å². The number of carboxylic acid groups (broad SMARTS) is 1. The molecule has 2 heterocycles.